The molecule has 2 aliphatic rings. The Morgan fingerprint density at radius 3 is 1.90 bits per heavy atom. The van der Waals surface area contributed by atoms with E-state index in [-0.39, 0.29) is 70.5 Å². The van der Waals surface area contributed by atoms with Crippen molar-refractivity contribution < 1.29 is 96.5 Å². The van der Waals surface area contributed by atoms with E-state index in [1.165, 1.54) is 13.8 Å². The molecule has 0 aliphatic carbocycles. The minimum atomic E-state index is -2.09. The number of amides is 16. The summed E-state index contributed by atoms with van der Waals surface area (Å²) in [7, 11) is 0. The summed E-state index contributed by atoms with van der Waals surface area (Å²) in [6, 6.07) is 8.42. The van der Waals surface area contributed by atoms with E-state index in [4.69, 9.17) is 39.1 Å². The van der Waals surface area contributed by atoms with Crippen molar-refractivity contribution in [1.82, 2.24) is 68.4 Å². The number of aromatic nitrogens is 1. The number of carbonyl (C=O) groups is 17. The normalized spacial score (nSPS) is 19.3. The maximum absolute atomic E-state index is 15.7. The summed E-state index contributed by atoms with van der Waals surface area (Å²) in [5, 5.41) is 51.2. The third-order valence-corrected chi connectivity index (χ3v) is 20.6. The number of aromatic amines is 1. The van der Waals surface area contributed by atoms with E-state index in [0.717, 1.165) is 29.0 Å². The van der Waals surface area contributed by atoms with Gasteiger partial charge in [0.15, 0.2) is 0 Å². The molecule has 0 spiro atoms. The van der Waals surface area contributed by atoms with Crippen molar-refractivity contribution >= 4 is 134 Å². The van der Waals surface area contributed by atoms with E-state index in [9.17, 15) is 58.2 Å². The third-order valence-electron chi connectivity index (χ3n) is 19.5. The van der Waals surface area contributed by atoms with Gasteiger partial charge >= 0.3 is 5.97 Å². The van der Waals surface area contributed by atoms with Crippen molar-refractivity contribution in [1.29, 1.82) is 0 Å². The number of unbranched alkanes of at least 4 members (excludes halogenated alkanes) is 1. The highest BCUT2D eigenvalue weighted by Crippen LogP contribution is 2.32. The van der Waals surface area contributed by atoms with Crippen molar-refractivity contribution in [3.05, 3.63) is 113 Å². The molecule has 7 rings (SSSR count). The Hall–Kier alpha value is -12.3. The van der Waals surface area contributed by atoms with Crippen LogP contribution >= 0.6 is 11.8 Å². The molecule has 0 unspecified atom stereocenters. The van der Waals surface area contributed by atoms with Gasteiger partial charge in [0.2, 0.25) is 94.5 Å². The number of carbonyl (C=O) groups excluding carboxylic acids is 16. The number of carboxylic acids is 1. The molecule has 1 saturated heterocycles. The van der Waals surface area contributed by atoms with Crippen LogP contribution in [0.2, 0.25) is 0 Å². The molecule has 1 fully saturated rings. The van der Waals surface area contributed by atoms with Gasteiger partial charge in [-0.2, -0.15) is 11.8 Å². The average molecular weight is 1650 g/mol. The molecule has 0 bridgehead atoms. The fourth-order valence-corrected chi connectivity index (χ4v) is 14.3. The molecule has 16 amide bonds. The van der Waals surface area contributed by atoms with Crippen molar-refractivity contribution in [2.45, 2.75) is 189 Å². The lowest BCUT2D eigenvalue weighted by atomic mass is 9.91. The lowest BCUT2D eigenvalue weighted by molar-refractivity contribution is -0.148. The van der Waals surface area contributed by atoms with E-state index >= 15 is 33.6 Å². The fourth-order valence-electron chi connectivity index (χ4n) is 13.3. The van der Waals surface area contributed by atoms with Crippen LogP contribution in [0, 0.1) is 0 Å². The number of hydrogen-bond acceptors (Lipinski definition) is 22. The van der Waals surface area contributed by atoms with Crippen LogP contribution in [0.3, 0.4) is 0 Å². The lowest BCUT2D eigenvalue weighted by Gasteiger charge is -2.38. The standard InChI is InChI=1S/C77H103N19O20S/c1-40(97)65-75(114)96-38-57-48(47-12-6-7-13-49(47)86-57)35-59(96)74(113)88-50(20-23-60(80)99)67(106)92-58(39-117-31-26-53(85-41(2)98)69(108)87-51(70(109)94-65)21-24-61(81)100)72(111)89-54(33-42-15-18-46(19-16-42)116-30-29-79)71(110)90-55(34-43-14-17-44-10-4-5-11-45(44)32-43)73(112)95-77(3,27-8-9-28-78)76(115)93-52(22-25-64(103)104)68(107)91-56(36-62(82)101)66(105)84-37-63(83)102/h4-7,10-19,32,40,50-56,58-59,65,86,97H,8-9,20-31,33-39,78-79H2,1-3H3,(H2,80,99)(H2,81,100)(H2,82,101)(H2,83,102)(H,84,105)(H,85,98)(H,87,108)(H,88,113)(H,89,111)(H,90,110)(H,91,107)(H,92,106)(H,93,115)(H,94,109)(H,95,112)(H,103,104)/t40-,50+,51+,52+,53+,54+,55+,56+,58+,59+,65+,77+/m1/s1. The number of nitrogens with one attached hydrogen (secondary N) is 12. The molecule has 2 aliphatic heterocycles. The van der Waals surface area contributed by atoms with Gasteiger partial charge in [-0.15, -0.1) is 0 Å². The van der Waals surface area contributed by atoms with E-state index < -0.39 is 236 Å². The first-order valence-electron chi connectivity index (χ1n) is 38.0. The quantitative estimate of drug-likeness (QED) is 0.0166. The summed E-state index contributed by atoms with van der Waals surface area (Å²) in [4.78, 5) is 241. The molecule has 39 nitrogen and oxygen atoms in total. The Labute approximate surface area is 676 Å². The van der Waals surface area contributed by atoms with Gasteiger partial charge in [-0.05, 0) is 117 Å². The summed E-state index contributed by atoms with van der Waals surface area (Å²) >= 11 is 0.924. The van der Waals surface area contributed by atoms with Gasteiger partial charge in [0.25, 0.3) is 0 Å². The summed E-state index contributed by atoms with van der Waals surface area (Å²) in [5.41, 5.74) is 33.7. The van der Waals surface area contributed by atoms with Gasteiger partial charge in [-0.25, -0.2) is 0 Å². The van der Waals surface area contributed by atoms with Crippen molar-refractivity contribution in [3.63, 3.8) is 0 Å². The zero-order chi connectivity index (χ0) is 85.8. The molecule has 4 aromatic carbocycles. The number of nitrogens with zero attached hydrogens (tertiary/aromatic N) is 1. The smallest absolute Gasteiger partial charge is 0.303 e. The SMILES string of the molecule is CC(=O)N[C@H]1CCSC[C@@H](C(=O)N[C@@H](Cc2ccc(OCCN)cc2)C(=O)N[C@@H](Cc2ccc3ccccc3c2)C(=O)N[C@@](C)(CCCCN)C(=O)N[C@@H](CCC(=O)O)C(=O)N[C@@H](CC(N)=O)C(=O)NCC(N)=O)NC(=O)[C@H](CCC(N)=O)NC(=O)[C@@H]2Cc3c([nH]c4ccccc34)CN2C(=O)[C@H]([C@@H](C)O)NC(=O)[C@H](CCC(N)=O)NC1=O. The van der Waals surface area contributed by atoms with Gasteiger partial charge in [0, 0.05) is 74.3 Å². The minimum absolute atomic E-state index is 0.0895. The monoisotopic (exact) mass is 1650 g/mol. The number of ether oxygens (including phenoxy) is 1. The van der Waals surface area contributed by atoms with Crippen LogP contribution in [0.5, 0.6) is 5.75 Å². The summed E-state index contributed by atoms with van der Waals surface area (Å²) in [6.45, 7) is 2.81. The number of thioether (sulfide) groups is 1. The largest absolute Gasteiger partial charge is 0.492 e. The molecule has 632 valence electrons. The Balaban J connectivity index is 1.31. The van der Waals surface area contributed by atoms with E-state index in [0.29, 0.717) is 44.4 Å². The maximum atomic E-state index is 15.7. The first kappa shape index (κ1) is 91.9. The summed E-state index contributed by atoms with van der Waals surface area (Å²) in [5.74, 6) is -18.1. The average Bonchev–Trinajstić information content (AvgIpc) is 1.68. The van der Waals surface area contributed by atoms with Crippen molar-refractivity contribution in [3.8, 4) is 5.75 Å². The molecular weight excluding hydrogens is 1540 g/mol. The zero-order valence-corrected chi connectivity index (χ0v) is 65.7. The minimum Gasteiger partial charge on any atom is -0.492 e. The van der Waals surface area contributed by atoms with E-state index in [1.54, 1.807) is 84.9 Å². The van der Waals surface area contributed by atoms with Crippen LogP contribution in [-0.2, 0) is 107 Å². The molecule has 0 saturated carbocycles. The number of aliphatic hydroxyl groups excluding tert-OH is 1. The number of nitrogens with two attached hydrogens (primary N) is 6. The van der Waals surface area contributed by atoms with Gasteiger partial charge in [-0.3, -0.25) is 81.5 Å². The molecule has 12 atom stereocenters. The van der Waals surface area contributed by atoms with Crippen LogP contribution in [0.4, 0.5) is 0 Å². The maximum Gasteiger partial charge on any atom is 0.303 e. The highest BCUT2D eigenvalue weighted by Gasteiger charge is 2.45. The third kappa shape index (κ3) is 27.7. The Kier molecular flexibility index (Phi) is 34.5. The van der Waals surface area contributed by atoms with Crippen LogP contribution in [0.25, 0.3) is 21.7 Å². The predicted molar refractivity (Wildman–Crippen MR) is 425 cm³/mol. The summed E-state index contributed by atoms with van der Waals surface area (Å²) < 4.78 is 5.72. The topological polar surface area (TPSA) is 647 Å². The molecule has 117 heavy (non-hydrogen) atoms. The number of fused-ring (bicyclic) bond motifs is 5. The first-order chi connectivity index (χ1) is 55.6. The van der Waals surface area contributed by atoms with Crippen LogP contribution < -0.4 is 97.6 Å². The molecular formula is C77H103N19O20S. The summed E-state index contributed by atoms with van der Waals surface area (Å²) in [6.07, 6.45) is -7.08. The molecule has 26 N–H and O–H groups in total. The van der Waals surface area contributed by atoms with Crippen LogP contribution in [0.1, 0.15) is 114 Å². The van der Waals surface area contributed by atoms with Gasteiger partial charge in [0.1, 0.15) is 78.3 Å². The van der Waals surface area contributed by atoms with E-state index in [1.807, 2.05) is 6.07 Å². The zero-order valence-electron chi connectivity index (χ0n) is 64.9. The number of H-pyrrole nitrogens is 1. The van der Waals surface area contributed by atoms with Crippen molar-refractivity contribution in [2.24, 2.45) is 34.4 Å². The predicted octanol–water partition coefficient (Wildman–Crippen LogP) is -4.83. The molecule has 40 heteroatoms. The number of benzene rings is 4. The second-order valence-electron chi connectivity index (χ2n) is 28.8. The van der Waals surface area contributed by atoms with Crippen LogP contribution in [0.15, 0.2) is 91.0 Å². The number of carboxylic acid groups (broad SMARTS) is 1. The fraction of sp³-hybridized carbons (Fsp3) is 0.468. The number of aliphatic hydroxyl groups is 1. The number of primary amides is 4. The molecule has 0 radical (unpaired) electrons. The lowest BCUT2D eigenvalue weighted by Crippen LogP contribution is -2.64. The van der Waals surface area contributed by atoms with E-state index in [2.05, 4.69) is 63.5 Å². The second kappa shape index (κ2) is 44.0. The number of hydrogen-bond donors (Lipinski definition) is 20. The Morgan fingerprint density at radius 1 is 0.650 bits per heavy atom. The molecule has 1 aromatic heterocycles. The second-order valence-corrected chi connectivity index (χ2v) is 29.9. The molecule has 3 heterocycles. The molecule has 5 aromatic rings. The number of para-hydroxylation sites is 1. The van der Waals surface area contributed by atoms with Crippen LogP contribution in [-0.4, -0.2) is 230 Å². The highest BCUT2D eigenvalue weighted by molar-refractivity contribution is 7.99. The first-order valence-corrected chi connectivity index (χ1v) is 39.1. The number of aliphatic carboxylic acids is 1. The number of rotatable bonds is 37. The Morgan fingerprint density at radius 2 is 1.26 bits per heavy atom. The van der Waals surface area contributed by atoms with Gasteiger partial charge in [0.05, 0.1) is 25.6 Å². The van der Waals surface area contributed by atoms with Gasteiger partial charge in [-0.1, -0.05) is 72.8 Å². The van der Waals surface area contributed by atoms with Gasteiger partial charge < -0.3 is 118 Å². The highest BCUT2D eigenvalue weighted by atomic mass is 32.2. The van der Waals surface area contributed by atoms with Crippen molar-refractivity contribution in [2.75, 3.05) is 37.7 Å². The Bertz CT molecular complexity index is 4490.